The lowest BCUT2D eigenvalue weighted by molar-refractivity contribution is -0.130. The maximum Gasteiger partial charge on any atom is 0.222 e. The molecular weight excluding hydrogens is 302 g/mol. The molecule has 2 heterocycles. The first-order valence-electron chi connectivity index (χ1n) is 9.05. The number of aromatic nitrogens is 1. The number of amides is 1. The van der Waals surface area contributed by atoms with Gasteiger partial charge in [0.05, 0.1) is 18.2 Å². The average Bonchev–Trinajstić information content (AvgIpc) is 3.09. The molecule has 0 aromatic carbocycles. The molecule has 0 spiro atoms. The van der Waals surface area contributed by atoms with Crippen molar-refractivity contribution >= 4 is 5.91 Å². The predicted molar refractivity (Wildman–Crippen MR) is 90.4 cm³/mol. The molecule has 5 nitrogen and oxygen atoms in total. The van der Waals surface area contributed by atoms with Crippen molar-refractivity contribution in [2.45, 2.75) is 57.5 Å². The van der Waals surface area contributed by atoms with Gasteiger partial charge in [-0.05, 0) is 18.4 Å². The first-order valence-corrected chi connectivity index (χ1v) is 9.05. The Bertz CT molecular complexity index is 605. The van der Waals surface area contributed by atoms with Crippen LogP contribution in [0.4, 0.5) is 0 Å². The van der Waals surface area contributed by atoms with Gasteiger partial charge in [0, 0.05) is 31.6 Å². The normalized spacial score (nSPS) is 21.5. The van der Waals surface area contributed by atoms with E-state index in [1.807, 2.05) is 4.90 Å². The van der Waals surface area contributed by atoms with E-state index >= 15 is 0 Å². The van der Waals surface area contributed by atoms with E-state index in [2.05, 4.69) is 11.1 Å². The smallest absolute Gasteiger partial charge is 0.222 e. The van der Waals surface area contributed by atoms with Gasteiger partial charge in [-0.15, -0.1) is 0 Å². The summed E-state index contributed by atoms with van der Waals surface area (Å²) in [5.41, 5.74) is 0.540. The van der Waals surface area contributed by atoms with Crippen molar-refractivity contribution in [3.63, 3.8) is 0 Å². The molecule has 0 bridgehead atoms. The Labute approximate surface area is 143 Å². The Morgan fingerprint density at radius 3 is 2.96 bits per heavy atom. The van der Waals surface area contributed by atoms with Crippen molar-refractivity contribution < 1.29 is 9.53 Å². The van der Waals surface area contributed by atoms with Gasteiger partial charge in [-0.2, -0.15) is 5.26 Å². The minimum absolute atomic E-state index is 0.0231. The van der Waals surface area contributed by atoms with Crippen LogP contribution in [0.5, 0.6) is 5.88 Å². The molecule has 1 saturated carbocycles. The lowest BCUT2D eigenvalue weighted by Crippen LogP contribution is -2.31. The lowest BCUT2D eigenvalue weighted by Gasteiger charge is -2.22. The third-order valence-electron chi connectivity index (χ3n) is 5.14. The van der Waals surface area contributed by atoms with Crippen molar-refractivity contribution in [2.75, 3.05) is 13.1 Å². The Hall–Kier alpha value is -2.09. The third-order valence-corrected chi connectivity index (χ3v) is 5.14. The number of nitriles is 1. The number of hydrogen-bond donors (Lipinski definition) is 0. The van der Waals surface area contributed by atoms with Crippen LogP contribution in [-0.2, 0) is 4.79 Å². The van der Waals surface area contributed by atoms with E-state index in [0.29, 0.717) is 24.4 Å². The fraction of sp³-hybridized carbons (Fsp3) is 0.632. The van der Waals surface area contributed by atoms with Crippen LogP contribution >= 0.6 is 0 Å². The van der Waals surface area contributed by atoms with Gasteiger partial charge in [-0.25, -0.2) is 4.98 Å². The molecule has 1 aromatic rings. The molecule has 5 heteroatoms. The summed E-state index contributed by atoms with van der Waals surface area (Å²) in [6.07, 6.45) is 10.7. The maximum absolute atomic E-state index is 12.4. The van der Waals surface area contributed by atoms with E-state index in [1.165, 1.54) is 32.1 Å². The SMILES string of the molecule is N#Cc1ccnc(OC2CCN(C(=O)CCC3CCCCC3)C2)c1. The molecule has 1 atom stereocenters. The van der Waals surface area contributed by atoms with E-state index < -0.39 is 0 Å². The number of likely N-dealkylation sites (tertiary alicyclic amines) is 1. The van der Waals surface area contributed by atoms with Crippen molar-refractivity contribution in [3.05, 3.63) is 23.9 Å². The molecule has 3 rings (SSSR count). The lowest BCUT2D eigenvalue weighted by atomic mass is 9.86. The van der Waals surface area contributed by atoms with Gasteiger partial charge < -0.3 is 9.64 Å². The van der Waals surface area contributed by atoms with Crippen LogP contribution in [-0.4, -0.2) is 35.0 Å². The molecule has 0 N–H and O–H groups in total. The highest BCUT2D eigenvalue weighted by Gasteiger charge is 2.28. The topological polar surface area (TPSA) is 66.2 Å². The van der Waals surface area contributed by atoms with Crippen LogP contribution in [0.2, 0.25) is 0 Å². The van der Waals surface area contributed by atoms with Crippen LogP contribution in [0, 0.1) is 17.2 Å². The van der Waals surface area contributed by atoms with Gasteiger partial charge in [0.25, 0.3) is 0 Å². The molecule has 2 aliphatic rings. The Morgan fingerprint density at radius 1 is 1.33 bits per heavy atom. The Morgan fingerprint density at radius 2 is 2.17 bits per heavy atom. The van der Waals surface area contributed by atoms with Crippen LogP contribution in [0.15, 0.2) is 18.3 Å². The predicted octanol–water partition coefficient (Wildman–Crippen LogP) is 3.29. The summed E-state index contributed by atoms with van der Waals surface area (Å²) in [6.45, 7) is 1.38. The minimum atomic E-state index is -0.0231. The second-order valence-corrected chi connectivity index (χ2v) is 6.91. The number of rotatable bonds is 5. The van der Waals surface area contributed by atoms with Gasteiger partial charge in [-0.3, -0.25) is 4.79 Å². The molecule has 1 aromatic heterocycles. The number of ether oxygens (including phenoxy) is 1. The zero-order valence-electron chi connectivity index (χ0n) is 14.1. The maximum atomic E-state index is 12.4. The molecule has 2 fully saturated rings. The standard InChI is InChI=1S/C19H25N3O2/c20-13-16-8-10-21-18(12-16)24-17-9-11-22(14-17)19(23)7-6-15-4-2-1-3-5-15/h8,10,12,15,17H,1-7,9,11,14H2. The summed E-state index contributed by atoms with van der Waals surface area (Å²) in [6, 6.07) is 5.38. The second kappa shape index (κ2) is 8.14. The molecule has 1 aliphatic carbocycles. The summed E-state index contributed by atoms with van der Waals surface area (Å²) in [4.78, 5) is 18.5. The van der Waals surface area contributed by atoms with Gasteiger partial charge in [-0.1, -0.05) is 32.1 Å². The molecule has 1 amide bonds. The first-order chi connectivity index (χ1) is 11.7. The quantitative estimate of drug-likeness (QED) is 0.832. The van der Waals surface area contributed by atoms with Crippen molar-refractivity contribution in [2.24, 2.45) is 5.92 Å². The van der Waals surface area contributed by atoms with Crippen LogP contribution < -0.4 is 4.74 Å². The van der Waals surface area contributed by atoms with E-state index in [4.69, 9.17) is 10.00 Å². The Kier molecular flexibility index (Phi) is 5.68. The fourth-order valence-corrected chi connectivity index (χ4v) is 3.73. The first kappa shape index (κ1) is 16.8. The fourth-order valence-electron chi connectivity index (χ4n) is 3.73. The number of carbonyl (C=O) groups excluding carboxylic acids is 1. The van der Waals surface area contributed by atoms with Gasteiger partial charge in [0.15, 0.2) is 0 Å². The van der Waals surface area contributed by atoms with Gasteiger partial charge >= 0.3 is 0 Å². The zero-order chi connectivity index (χ0) is 16.8. The molecule has 24 heavy (non-hydrogen) atoms. The molecular formula is C19H25N3O2. The summed E-state index contributed by atoms with van der Waals surface area (Å²) < 4.78 is 5.84. The van der Waals surface area contributed by atoms with Crippen LogP contribution in [0.25, 0.3) is 0 Å². The largest absolute Gasteiger partial charge is 0.472 e. The van der Waals surface area contributed by atoms with E-state index in [0.717, 1.165) is 25.3 Å². The monoisotopic (exact) mass is 327 g/mol. The summed E-state index contributed by atoms with van der Waals surface area (Å²) in [5, 5.41) is 8.92. The highest BCUT2D eigenvalue weighted by Crippen LogP contribution is 2.28. The molecule has 1 saturated heterocycles. The number of nitrogens with zero attached hydrogens (tertiary/aromatic N) is 3. The summed E-state index contributed by atoms with van der Waals surface area (Å²) in [5.74, 6) is 1.47. The molecule has 1 unspecified atom stereocenters. The minimum Gasteiger partial charge on any atom is -0.472 e. The van der Waals surface area contributed by atoms with Crippen molar-refractivity contribution in [3.8, 4) is 11.9 Å². The van der Waals surface area contributed by atoms with Crippen molar-refractivity contribution in [1.82, 2.24) is 9.88 Å². The highest BCUT2D eigenvalue weighted by atomic mass is 16.5. The summed E-state index contributed by atoms with van der Waals surface area (Å²) in [7, 11) is 0. The van der Waals surface area contributed by atoms with Crippen LogP contribution in [0.1, 0.15) is 56.9 Å². The zero-order valence-corrected chi connectivity index (χ0v) is 14.1. The second-order valence-electron chi connectivity index (χ2n) is 6.91. The van der Waals surface area contributed by atoms with Gasteiger partial charge in [0.2, 0.25) is 11.8 Å². The van der Waals surface area contributed by atoms with E-state index in [1.54, 1.807) is 18.3 Å². The number of hydrogen-bond acceptors (Lipinski definition) is 4. The van der Waals surface area contributed by atoms with Crippen molar-refractivity contribution in [1.29, 1.82) is 5.26 Å². The number of carbonyl (C=O) groups is 1. The molecule has 0 radical (unpaired) electrons. The number of pyridine rings is 1. The van der Waals surface area contributed by atoms with E-state index in [9.17, 15) is 4.79 Å². The third kappa shape index (κ3) is 4.47. The molecule has 1 aliphatic heterocycles. The Balaban J connectivity index is 1.44. The van der Waals surface area contributed by atoms with E-state index in [-0.39, 0.29) is 12.0 Å². The molecule has 128 valence electrons. The van der Waals surface area contributed by atoms with Gasteiger partial charge in [0.1, 0.15) is 6.10 Å². The highest BCUT2D eigenvalue weighted by molar-refractivity contribution is 5.76. The summed E-state index contributed by atoms with van der Waals surface area (Å²) >= 11 is 0. The average molecular weight is 327 g/mol. The van der Waals surface area contributed by atoms with Crippen LogP contribution in [0.3, 0.4) is 0 Å².